The quantitative estimate of drug-likeness (QED) is 0.854. The highest BCUT2D eigenvalue weighted by Crippen LogP contribution is 2.21. The van der Waals surface area contributed by atoms with E-state index in [0.29, 0.717) is 16.6 Å². The molecular weight excluding hydrogens is 322 g/mol. The average molecular weight is 338 g/mol. The van der Waals surface area contributed by atoms with Crippen molar-refractivity contribution in [1.29, 1.82) is 0 Å². The number of hydrogen-bond donors (Lipinski definition) is 1. The summed E-state index contributed by atoms with van der Waals surface area (Å²) in [7, 11) is 0. The third kappa shape index (κ3) is 3.22. The largest absolute Gasteiger partial charge is 0.333 e. The summed E-state index contributed by atoms with van der Waals surface area (Å²) < 4.78 is 13.5. The molecule has 0 bridgehead atoms. The number of carbonyl (C=O) groups excluding carboxylic acids is 1. The van der Waals surface area contributed by atoms with Gasteiger partial charge in [0.15, 0.2) is 0 Å². The van der Waals surface area contributed by atoms with Gasteiger partial charge in [-0.15, -0.1) is 12.4 Å². The fourth-order valence-corrected chi connectivity index (χ4v) is 2.48. The third-order valence-electron chi connectivity index (χ3n) is 2.92. The van der Waals surface area contributed by atoms with Gasteiger partial charge in [0.25, 0.3) is 5.91 Å². The Hall–Kier alpha value is -0.650. The van der Waals surface area contributed by atoms with E-state index in [1.807, 2.05) is 11.8 Å². The number of hydrogen-bond acceptors (Lipinski definition) is 2. The Morgan fingerprint density at radius 2 is 2.28 bits per heavy atom. The Morgan fingerprint density at radius 3 is 2.89 bits per heavy atom. The molecule has 1 aliphatic heterocycles. The number of nitrogens with zero attached hydrogens (tertiary/aromatic N) is 1. The van der Waals surface area contributed by atoms with Gasteiger partial charge in [0.05, 0.1) is 5.56 Å². The van der Waals surface area contributed by atoms with Crippen LogP contribution >= 0.6 is 28.3 Å². The highest BCUT2D eigenvalue weighted by molar-refractivity contribution is 9.10. The summed E-state index contributed by atoms with van der Waals surface area (Å²) in [4.78, 5) is 14.1. The molecule has 0 unspecified atom stereocenters. The third-order valence-corrected chi connectivity index (χ3v) is 3.58. The van der Waals surface area contributed by atoms with Crippen LogP contribution in [0.25, 0.3) is 0 Å². The average Bonchev–Trinajstić information content (AvgIpc) is 2.29. The van der Waals surface area contributed by atoms with Crippen LogP contribution < -0.4 is 5.32 Å². The van der Waals surface area contributed by atoms with Crippen LogP contribution in [0.4, 0.5) is 4.39 Å². The molecule has 1 fully saturated rings. The first kappa shape index (κ1) is 15.4. The standard InChI is InChI=1S/C12H14BrFN2O.ClH/c1-8-7-15-4-5-16(8)12(17)10-3-2-9(14)6-11(10)13;/h2-3,6,8,15H,4-5,7H2,1H3;1H/t8-;/m1./s1. The van der Waals surface area contributed by atoms with Gasteiger partial charge in [0, 0.05) is 30.1 Å². The summed E-state index contributed by atoms with van der Waals surface area (Å²) in [5, 5.41) is 3.23. The molecule has 1 aliphatic rings. The molecule has 1 saturated heterocycles. The first-order chi connectivity index (χ1) is 8.09. The number of halogens is 3. The van der Waals surface area contributed by atoms with E-state index in [1.54, 1.807) is 0 Å². The van der Waals surface area contributed by atoms with Gasteiger partial charge in [0.1, 0.15) is 5.82 Å². The zero-order chi connectivity index (χ0) is 12.4. The summed E-state index contributed by atoms with van der Waals surface area (Å²) in [5.74, 6) is -0.396. The van der Waals surface area contributed by atoms with Crippen LogP contribution in [0.1, 0.15) is 17.3 Å². The number of rotatable bonds is 1. The molecule has 100 valence electrons. The van der Waals surface area contributed by atoms with Gasteiger partial charge in [0.2, 0.25) is 0 Å². The lowest BCUT2D eigenvalue weighted by molar-refractivity contribution is 0.0655. The van der Waals surface area contributed by atoms with Gasteiger partial charge in [-0.2, -0.15) is 0 Å². The Bertz CT molecular complexity index is 444. The van der Waals surface area contributed by atoms with Gasteiger partial charge in [-0.25, -0.2) is 4.39 Å². The second-order valence-corrected chi connectivity index (χ2v) is 5.03. The second-order valence-electron chi connectivity index (χ2n) is 4.18. The van der Waals surface area contributed by atoms with Crippen molar-refractivity contribution >= 4 is 34.2 Å². The number of nitrogens with one attached hydrogen (secondary N) is 1. The molecule has 3 nitrogen and oxygen atoms in total. The molecule has 0 aliphatic carbocycles. The van der Waals surface area contributed by atoms with Crippen molar-refractivity contribution in [2.75, 3.05) is 19.6 Å². The summed E-state index contributed by atoms with van der Waals surface area (Å²) in [6.45, 7) is 4.28. The molecule has 0 aromatic heterocycles. The van der Waals surface area contributed by atoms with Crippen molar-refractivity contribution in [2.45, 2.75) is 13.0 Å². The van der Waals surface area contributed by atoms with E-state index in [-0.39, 0.29) is 30.2 Å². The van der Waals surface area contributed by atoms with Gasteiger partial charge in [-0.05, 0) is 41.1 Å². The highest BCUT2D eigenvalue weighted by atomic mass is 79.9. The van der Waals surface area contributed by atoms with Crippen molar-refractivity contribution in [3.63, 3.8) is 0 Å². The normalized spacial score (nSPS) is 19.3. The Morgan fingerprint density at radius 1 is 1.56 bits per heavy atom. The van der Waals surface area contributed by atoms with E-state index < -0.39 is 0 Å². The lowest BCUT2D eigenvalue weighted by Crippen LogP contribution is -2.52. The zero-order valence-corrected chi connectivity index (χ0v) is 12.4. The minimum atomic E-state index is -0.346. The van der Waals surface area contributed by atoms with Crippen LogP contribution in [0, 0.1) is 5.82 Å². The van der Waals surface area contributed by atoms with Crippen molar-refractivity contribution in [2.24, 2.45) is 0 Å². The fourth-order valence-electron chi connectivity index (χ4n) is 1.96. The fraction of sp³-hybridized carbons (Fsp3) is 0.417. The lowest BCUT2D eigenvalue weighted by Gasteiger charge is -2.34. The van der Waals surface area contributed by atoms with Gasteiger partial charge in [-0.3, -0.25) is 4.79 Å². The van der Waals surface area contributed by atoms with Crippen molar-refractivity contribution < 1.29 is 9.18 Å². The van der Waals surface area contributed by atoms with Crippen LogP contribution in [0.3, 0.4) is 0 Å². The molecule has 2 rings (SSSR count). The minimum absolute atomic E-state index is 0. The van der Waals surface area contributed by atoms with E-state index in [0.717, 1.165) is 13.1 Å². The molecule has 18 heavy (non-hydrogen) atoms. The SMILES string of the molecule is C[C@@H]1CNCCN1C(=O)c1ccc(F)cc1Br.Cl. The second kappa shape index (κ2) is 6.50. The van der Waals surface area contributed by atoms with E-state index in [9.17, 15) is 9.18 Å². The van der Waals surface area contributed by atoms with Crippen molar-refractivity contribution in [3.05, 3.63) is 34.1 Å². The maximum absolute atomic E-state index is 13.0. The molecule has 6 heteroatoms. The molecule has 0 radical (unpaired) electrons. The molecule has 1 aromatic carbocycles. The first-order valence-corrected chi connectivity index (χ1v) is 6.35. The maximum Gasteiger partial charge on any atom is 0.255 e. The van der Waals surface area contributed by atoms with Gasteiger partial charge < -0.3 is 10.2 Å². The van der Waals surface area contributed by atoms with Crippen LogP contribution in [-0.4, -0.2) is 36.5 Å². The lowest BCUT2D eigenvalue weighted by atomic mass is 10.1. The summed E-state index contributed by atoms with van der Waals surface area (Å²) in [6.07, 6.45) is 0. The van der Waals surface area contributed by atoms with Crippen LogP contribution in [0.15, 0.2) is 22.7 Å². The maximum atomic E-state index is 13.0. The van der Waals surface area contributed by atoms with Crippen LogP contribution in [-0.2, 0) is 0 Å². The highest BCUT2D eigenvalue weighted by Gasteiger charge is 2.25. The number of amides is 1. The Kier molecular flexibility index (Phi) is 5.56. The molecule has 0 spiro atoms. The van der Waals surface area contributed by atoms with Gasteiger partial charge >= 0.3 is 0 Å². The number of piperazine rings is 1. The van der Waals surface area contributed by atoms with E-state index in [2.05, 4.69) is 21.2 Å². The topological polar surface area (TPSA) is 32.3 Å². The van der Waals surface area contributed by atoms with Crippen molar-refractivity contribution in [3.8, 4) is 0 Å². The molecular formula is C12H15BrClFN2O. The molecule has 0 saturated carbocycles. The predicted molar refractivity (Wildman–Crippen MR) is 74.7 cm³/mol. The van der Waals surface area contributed by atoms with Crippen molar-refractivity contribution in [1.82, 2.24) is 10.2 Å². The van der Waals surface area contributed by atoms with E-state index >= 15 is 0 Å². The number of carbonyl (C=O) groups is 1. The Labute approximate surface area is 120 Å². The monoisotopic (exact) mass is 336 g/mol. The Balaban J connectivity index is 0.00000162. The molecule has 1 N–H and O–H groups in total. The summed E-state index contributed by atoms with van der Waals surface area (Å²) in [6, 6.07) is 4.31. The van der Waals surface area contributed by atoms with Crippen LogP contribution in [0.5, 0.6) is 0 Å². The molecule has 1 heterocycles. The summed E-state index contributed by atoms with van der Waals surface area (Å²) in [5.41, 5.74) is 0.514. The smallest absolute Gasteiger partial charge is 0.255 e. The predicted octanol–water partition coefficient (Wildman–Crippen LogP) is 2.44. The zero-order valence-electron chi connectivity index (χ0n) is 9.95. The summed E-state index contributed by atoms with van der Waals surface area (Å²) >= 11 is 3.23. The van der Waals surface area contributed by atoms with Crippen LogP contribution in [0.2, 0.25) is 0 Å². The molecule has 1 amide bonds. The van der Waals surface area contributed by atoms with E-state index in [4.69, 9.17) is 0 Å². The molecule has 1 aromatic rings. The molecule has 1 atom stereocenters. The number of benzene rings is 1. The first-order valence-electron chi connectivity index (χ1n) is 5.56. The van der Waals surface area contributed by atoms with E-state index in [1.165, 1.54) is 18.2 Å². The minimum Gasteiger partial charge on any atom is -0.333 e. The van der Waals surface area contributed by atoms with Gasteiger partial charge in [-0.1, -0.05) is 0 Å².